The fraction of sp³-hybridized carbons (Fsp3) is 0.167. The normalized spacial score (nSPS) is 10.7. The van der Waals surface area contributed by atoms with Crippen LogP contribution < -0.4 is 0 Å². The van der Waals surface area contributed by atoms with Gasteiger partial charge in [0.25, 0.3) is 0 Å². The number of fused-ring (bicyclic) bond motifs is 3. The number of carbonyl (C=O) groups excluding carboxylic acids is 1. The second kappa shape index (κ2) is 6.13. The molecule has 0 saturated heterocycles. The van der Waals surface area contributed by atoms with E-state index in [0.717, 1.165) is 16.2 Å². The van der Waals surface area contributed by atoms with Gasteiger partial charge in [-0.15, -0.1) is 11.6 Å². The number of rotatable bonds is 4. The van der Waals surface area contributed by atoms with Gasteiger partial charge in [-0.2, -0.15) is 5.26 Å². The van der Waals surface area contributed by atoms with E-state index in [1.807, 2.05) is 36.4 Å². The third-order valence-corrected chi connectivity index (χ3v) is 3.94. The first-order valence-electron chi connectivity index (χ1n) is 7.07. The maximum atomic E-state index is 12.5. The van der Waals surface area contributed by atoms with Crippen LogP contribution in [0.15, 0.2) is 42.5 Å². The summed E-state index contributed by atoms with van der Waals surface area (Å²) < 4.78 is 0. The predicted octanol–water partition coefficient (Wildman–Crippen LogP) is 4.46. The number of aromatic nitrogens is 1. The Kier molecular flexibility index (Phi) is 4.04. The quantitative estimate of drug-likeness (QED) is 0.406. The molecule has 0 unspecified atom stereocenters. The third-order valence-electron chi connectivity index (χ3n) is 3.67. The zero-order valence-electron chi connectivity index (χ0n) is 11.8. The van der Waals surface area contributed by atoms with Gasteiger partial charge in [-0.05, 0) is 17.9 Å². The van der Waals surface area contributed by atoms with Crippen molar-refractivity contribution >= 4 is 39.1 Å². The van der Waals surface area contributed by atoms with E-state index >= 15 is 0 Å². The number of alkyl halides is 1. The largest absolute Gasteiger partial charge is 0.294 e. The van der Waals surface area contributed by atoms with Gasteiger partial charge in [-0.25, -0.2) is 4.98 Å². The second-order valence-corrected chi connectivity index (χ2v) is 5.41. The van der Waals surface area contributed by atoms with Gasteiger partial charge >= 0.3 is 0 Å². The van der Waals surface area contributed by atoms with Gasteiger partial charge < -0.3 is 0 Å². The summed E-state index contributed by atoms with van der Waals surface area (Å²) in [5, 5.41) is 11.8. The van der Waals surface area contributed by atoms with E-state index in [1.54, 1.807) is 6.07 Å². The van der Waals surface area contributed by atoms with Crippen molar-refractivity contribution < 1.29 is 4.79 Å². The van der Waals surface area contributed by atoms with Crippen molar-refractivity contribution in [1.29, 1.82) is 5.26 Å². The number of nitrogens with zero attached hydrogens (tertiary/aromatic N) is 2. The molecular formula is C18H13ClN2O. The molecule has 0 aliphatic carbocycles. The number of nitriles is 1. The molecule has 1 heterocycles. The molecule has 0 amide bonds. The van der Waals surface area contributed by atoms with Crippen molar-refractivity contribution in [2.24, 2.45) is 0 Å². The summed E-state index contributed by atoms with van der Waals surface area (Å²) in [4.78, 5) is 16.9. The molecule has 2 aromatic carbocycles. The Labute approximate surface area is 133 Å². The van der Waals surface area contributed by atoms with Crippen molar-refractivity contribution in [3.05, 3.63) is 53.7 Å². The van der Waals surface area contributed by atoms with Crippen LogP contribution in [0.3, 0.4) is 0 Å². The molecule has 0 aliphatic rings. The molecule has 0 fully saturated rings. The van der Waals surface area contributed by atoms with Crippen LogP contribution in [0.25, 0.3) is 21.7 Å². The van der Waals surface area contributed by atoms with Crippen molar-refractivity contribution in [3.63, 3.8) is 0 Å². The molecule has 0 bridgehead atoms. The number of benzene rings is 2. The first kappa shape index (κ1) is 14.5. The average molecular weight is 309 g/mol. The van der Waals surface area contributed by atoms with Crippen LogP contribution in [0.2, 0.25) is 0 Å². The molecule has 3 nitrogen and oxygen atoms in total. The molecule has 0 aliphatic heterocycles. The van der Waals surface area contributed by atoms with Crippen LogP contribution >= 0.6 is 11.6 Å². The zero-order valence-corrected chi connectivity index (χ0v) is 12.6. The number of pyridine rings is 1. The molecular weight excluding hydrogens is 296 g/mol. The number of hydrogen-bond acceptors (Lipinski definition) is 3. The highest BCUT2D eigenvalue weighted by Crippen LogP contribution is 2.29. The molecule has 0 saturated carbocycles. The van der Waals surface area contributed by atoms with Gasteiger partial charge in [-0.3, -0.25) is 4.79 Å². The number of Topliss-reactive ketones (excluding diaryl/α,β-unsaturated/α-hetero) is 1. The number of halogens is 1. The number of carbonyl (C=O) groups is 1. The van der Waals surface area contributed by atoms with Crippen LogP contribution in [-0.2, 0) is 0 Å². The molecule has 0 atom stereocenters. The van der Waals surface area contributed by atoms with Gasteiger partial charge in [0.05, 0.1) is 5.52 Å². The average Bonchev–Trinajstić information content (AvgIpc) is 2.58. The molecule has 0 radical (unpaired) electrons. The summed E-state index contributed by atoms with van der Waals surface area (Å²) in [6.07, 6.45) is 1.06. The lowest BCUT2D eigenvalue weighted by Crippen LogP contribution is -2.02. The minimum atomic E-state index is 0.0583. The first-order chi connectivity index (χ1) is 10.8. The van der Waals surface area contributed by atoms with E-state index in [2.05, 4.69) is 11.1 Å². The molecule has 4 heteroatoms. The van der Waals surface area contributed by atoms with Crippen molar-refractivity contribution in [3.8, 4) is 6.07 Å². The Morgan fingerprint density at radius 2 is 1.91 bits per heavy atom. The molecule has 22 heavy (non-hydrogen) atoms. The van der Waals surface area contributed by atoms with Crippen LogP contribution in [0.4, 0.5) is 0 Å². The fourth-order valence-electron chi connectivity index (χ4n) is 2.68. The van der Waals surface area contributed by atoms with E-state index in [9.17, 15) is 10.1 Å². The van der Waals surface area contributed by atoms with Crippen LogP contribution in [0, 0.1) is 11.3 Å². The molecule has 108 valence electrons. The van der Waals surface area contributed by atoms with Gasteiger partial charge in [0.15, 0.2) is 5.78 Å². The zero-order chi connectivity index (χ0) is 15.5. The summed E-state index contributed by atoms with van der Waals surface area (Å²) in [5.41, 5.74) is 1.70. The minimum Gasteiger partial charge on any atom is -0.294 e. The predicted molar refractivity (Wildman–Crippen MR) is 88.2 cm³/mol. The molecule has 3 aromatic rings. The topological polar surface area (TPSA) is 53.8 Å². The van der Waals surface area contributed by atoms with Crippen LogP contribution in [-0.4, -0.2) is 16.6 Å². The number of hydrogen-bond donors (Lipinski definition) is 0. The Balaban J connectivity index is 2.34. The van der Waals surface area contributed by atoms with Gasteiger partial charge in [0.2, 0.25) is 0 Å². The lowest BCUT2D eigenvalue weighted by Gasteiger charge is -2.09. The number of ketones is 1. The van der Waals surface area contributed by atoms with E-state index in [-0.39, 0.29) is 5.78 Å². The molecule has 0 N–H and O–H groups in total. The standard InChI is InChI=1S/C18H13ClN2O/c19-10-4-9-17(22)14-7-3-8-15-18(14)13-6-2-1-5-12(13)16(11-20)21-15/h1-3,5-8H,4,9-10H2. The van der Waals surface area contributed by atoms with E-state index in [1.165, 1.54) is 0 Å². The van der Waals surface area contributed by atoms with E-state index < -0.39 is 0 Å². The van der Waals surface area contributed by atoms with Gasteiger partial charge in [0.1, 0.15) is 11.8 Å². The Hall–Kier alpha value is -2.44. The van der Waals surface area contributed by atoms with E-state index in [0.29, 0.717) is 35.5 Å². The molecule has 1 aromatic heterocycles. The first-order valence-corrected chi connectivity index (χ1v) is 7.60. The summed E-state index contributed by atoms with van der Waals surface area (Å²) in [7, 11) is 0. The summed E-state index contributed by atoms with van der Waals surface area (Å²) in [6, 6.07) is 15.2. The highest BCUT2D eigenvalue weighted by atomic mass is 35.5. The lowest BCUT2D eigenvalue weighted by atomic mass is 9.96. The van der Waals surface area contributed by atoms with Crippen LogP contribution in [0.5, 0.6) is 0 Å². The van der Waals surface area contributed by atoms with E-state index in [4.69, 9.17) is 11.6 Å². The Bertz CT molecular complexity index is 912. The molecule has 3 rings (SSSR count). The van der Waals surface area contributed by atoms with Crippen molar-refractivity contribution in [1.82, 2.24) is 4.98 Å². The van der Waals surface area contributed by atoms with Gasteiger partial charge in [0, 0.05) is 28.6 Å². The third kappa shape index (κ3) is 2.43. The maximum Gasteiger partial charge on any atom is 0.163 e. The fourth-order valence-corrected chi connectivity index (χ4v) is 2.82. The van der Waals surface area contributed by atoms with Crippen molar-refractivity contribution in [2.45, 2.75) is 12.8 Å². The summed E-state index contributed by atoms with van der Waals surface area (Å²) in [6.45, 7) is 0. The monoisotopic (exact) mass is 308 g/mol. The minimum absolute atomic E-state index is 0.0583. The highest BCUT2D eigenvalue weighted by molar-refractivity contribution is 6.19. The lowest BCUT2D eigenvalue weighted by molar-refractivity contribution is 0.0983. The summed E-state index contributed by atoms with van der Waals surface area (Å²) >= 11 is 5.69. The van der Waals surface area contributed by atoms with Crippen LogP contribution in [0.1, 0.15) is 28.9 Å². The summed E-state index contributed by atoms with van der Waals surface area (Å²) in [5.74, 6) is 0.525. The van der Waals surface area contributed by atoms with Gasteiger partial charge in [-0.1, -0.05) is 36.4 Å². The Morgan fingerprint density at radius 3 is 2.64 bits per heavy atom. The van der Waals surface area contributed by atoms with Crippen molar-refractivity contribution in [2.75, 3.05) is 5.88 Å². The second-order valence-electron chi connectivity index (χ2n) is 5.03. The molecule has 0 spiro atoms. The Morgan fingerprint density at radius 1 is 1.14 bits per heavy atom. The smallest absolute Gasteiger partial charge is 0.163 e. The SMILES string of the molecule is N#Cc1nc2cccc(C(=O)CCCCl)c2c2ccccc12. The highest BCUT2D eigenvalue weighted by Gasteiger charge is 2.15. The maximum absolute atomic E-state index is 12.5.